The maximum Gasteiger partial charge on any atom is 0.242 e. The van der Waals surface area contributed by atoms with Gasteiger partial charge in [0.2, 0.25) is 11.8 Å². The Morgan fingerprint density at radius 3 is 2.30 bits per heavy atom. The number of rotatable bonds is 8. The fraction of sp³-hybridized carbons (Fsp3) is 0.391. The minimum Gasteiger partial charge on any atom is -0.350 e. The predicted octanol–water partition coefficient (Wildman–Crippen LogP) is 5.04. The van der Waals surface area contributed by atoms with Crippen molar-refractivity contribution >= 4 is 35.2 Å². The summed E-state index contributed by atoms with van der Waals surface area (Å²) in [5.74, 6) is -0.217. The largest absolute Gasteiger partial charge is 0.350 e. The van der Waals surface area contributed by atoms with E-state index in [-0.39, 0.29) is 29.9 Å². The summed E-state index contributed by atoms with van der Waals surface area (Å²) in [7, 11) is 0. The third-order valence-corrected chi connectivity index (χ3v) is 5.74. The van der Waals surface area contributed by atoms with E-state index in [2.05, 4.69) is 5.32 Å². The van der Waals surface area contributed by atoms with Gasteiger partial charge in [-0.05, 0) is 51.0 Å². The van der Waals surface area contributed by atoms with Crippen LogP contribution in [0.15, 0.2) is 48.5 Å². The van der Waals surface area contributed by atoms with E-state index in [1.807, 2.05) is 39.0 Å². The smallest absolute Gasteiger partial charge is 0.242 e. The minimum absolute atomic E-state index is 0.131. The van der Waals surface area contributed by atoms with Crippen molar-refractivity contribution in [2.45, 2.75) is 51.6 Å². The van der Waals surface area contributed by atoms with Gasteiger partial charge in [-0.1, -0.05) is 48.0 Å². The Hall–Kier alpha value is -2.05. The first kappa shape index (κ1) is 24.2. The van der Waals surface area contributed by atoms with E-state index < -0.39 is 11.6 Å². The van der Waals surface area contributed by atoms with Gasteiger partial charge < -0.3 is 10.2 Å². The van der Waals surface area contributed by atoms with Crippen LogP contribution in [0.2, 0.25) is 5.02 Å². The molecular weight excluding hydrogens is 423 g/mol. The number of amides is 2. The van der Waals surface area contributed by atoms with E-state index in [1.165, 1.54) is 22.7 Å². The molecule has 1 atom stereocenters. The number of hydrogen-bond acceptors (Lipinski definition) is 3. The van der Waals surface area contributed by atoms with Crippen molar-refractivity contribution in [2.24, 2.45) is 0 Å². The van der Waals surface area contributed by atoms with E-state index in [9.17, 15) is 14.0 Å². The molecule has 0 aliphatic carbocycles. The van der Waals surface area contributed by atoms with Gasteiger partial charge in [0.05, 0.1) is 5.75 Å². The molecule has 0 aliphatic rings. The zero-order valence-corrected chi connectivity index (χ0v) is 19.3. The predicted molar refractivity (Wildman–Crippen MR) is 122 cm³/mol. The Kier molecular flexibility index (Phi) is 8.74. The fourth-order valence-corrected chi connectivity index (χ4v) is 3.91. The molecule has 1 N–H and O–H groups in total. The highest BCUT2D eigenvalue weighted by atomic mass is 35.5. The molecule has 2 aromatic rings. The van der Waals surface area contributed by atoms with Gasteiger partial charge in [0.15, 0.2) is 0 Å². The number of halogens is 2. The second-order valence-corrected chi connectivity index (χ2v) is 9.51. The van der Waals surface area contributed by atoms with Crippen LogP contribution in [0.1, 0.15) is 38.8 Å². The molecule has 1 unspecified atom stereocenters. The number of hydrogen-bond donors (Lipinski definition) is 1. The van der Waals surface area contributed by atoms with Crippen LogP contribution in [0.25, 0.3) is 0 Å². The van der Waals surface area contributed by atoms with E-state index in [0.717, 1.165) is 5.56 Å². The molecule has 0 aromatic heterocycles. The first-order valence-corrected chi connectivity index (χ1v) is 11.3. The summed E-state index contributed by atoms with van der Waals surface area (Å²) in [6, 6.07) is 13.1. The third kappa shape index (κ3) is 7.33. The monoisotopic (exact) mass is 450 g/mol. The lowest BCUT2D eigenvalue weighted by atomic mass is 10.1. The second kappa shape index (κ2) is 10.8. The number of nitrogens with one attached hydrogen (secondary N) is 1. The van der Waals surface area contributed by atoms with Crippen LogP contribution >= 0.6 is 23.4 Å². The van der Waals surface area contributed by atoms with Crippen molar-refractivity contribution in [3.05, 3.63) is 70.5 Å². The third-order valence-electron chi connectivity index (χ3n) is 4.40. The summed E-state index contributed by atoms with van der Waals surface area (Å²) in [5.41, 5.74) is 0.901. The summed E-state index contributed by atoms with van der Waals surface area (Å²) >= 11 is 7.60. The first-order chi connectivity index (χ1) is 14.1. The van der Waals surface area contributed by atoms with Crippen molar-refractivity contribution in [3.8, 4) is 0 Å². The topological polar surface area (TPSA) is 49.4 Å². The Morgan fingerprint density at radius 1 is 1.10 bits per heavy atom. The molecule has 4 nitrogen and oxygen atoms in total. The van der Waals surface area contributed by atoms with Crippen LogP contribution in [-0.2, 0) is 21.9 Å². The molecule has 2 amide bonds. The molecule has 0 spiro atoms. The maximum absolute atomic E-state index is 13.8. The average molecular weight is 451 g/mol. The van der Waals surface area contributed by atoms with E-state index in [1.54, 1.807) is 31.2 Å². The zero-order valence-electron chi connectivity index (χ0n) is 17.7. The van der Waals surface area contributed by atoms with Crippen molar-refractivity contribution in [3.63, 3.8) is 0 Å². The lowest BCUT2D eigenvalue weighted by Crippen LogP contribution is -2.52. The second-order valence-electron chi connectivity index (χ2n) is 8.11. The van der Waals surface area contributed by atoms with Crippen LogP contribution in [-0.4, -0.2) is 34.0 Å². The highest BCUT2D eigenvalue weighted by Gasteiger charge is 2.28. The van der Waals surface area contributed by atoms with Gasteiger partial charge in [-0.3, -0.25) is 9.59 Å². The summed E-state index contributed by atoms with van der Waals surface area (Å²) < 4.78 is 13.8. The number of thioether (sulfide) groups is 1. The summed E-state index contributed by atoms with van der Waals surface area (Å²) in [5, 5.41) is 3.46. The Labute approximate surface area is 187 Å². The average Bonchev–Trinajstić information content (AvgIpc) is 2.67. The van der Waals surface area contributed by atoms with Crippen LogP contribution in [0.3, 0.4) is 0 Å². The minimum atomic E-state index is -0.679. The lowest BCUT2D eigenvalue weighted by Gasteiger charge is -2.31. The molecule has 0 saturated carbocycles. The van der Waals surface area contributed by atoms with Gasteiger partial charge in [-0.25, -0.2) is 4.39 Å². The molecule has 2 aromatic carbocycles. The molecule has 0 radical (unpaired) electrons. The molecule has 0 fully saturated rings. The van der Waals surface area contributed by atoms with Crippen LogP contribution in [0, 0.1) is 5.82 Å². The molecule has 162 valence electrons. The molecule has 0 aliphatic heterocycles. The van der Waals surface area contributed by atoms with Gasteiger partial charge in [-0.2, -0.15) is 0 Å². The molecular formula is C23H28ClFN2O2S. The Balaban J connectivity index is 2.13. The van der Waals surface area contributed by atoms with Gasteiger partial charge in [0.25, 0.3) is 0 Å². The fourth-order valence-electron chi connectivity index (χ4n) is 2.81. The quantitative estimate of drug-likeness (QED) is 0.612. The van der Waals surface area contributed by atoms with E-state index in [4.69, 9.17) is 11.6 Å². The van der Waals surface area contributed by atoms with Crippen molar-refractivity contribution < 1.29 is 14.0 Å². The molecule has 0 heterocycles. The van der Waals surface area contributed by atoms with Crippen LogP contribution in [0.4, 0.5) is 4.39 Å². The molecule has 0 saturated heterocycles. The summed E-state index contributed by atoms with van der Waals surface area (Å²) in [4.78, 5) is 27.3. The number of nitrogens with zero attached hydrogens (tertiary/aromatic N) is 1. The highest BCUT2D eigenvalue weighted by Crippen LogP contribution is 2.21. The van der Waals surface area contributed by atoms with Gasteiger partial charge in [0.1, 0.15) is 11.9 Å². The van der Waals surface area contributed by atoms with Crippen molar-refractivity contribution in [1.29, 1.82) is 0 Å². The lowest BCUT2D eigenvalue weighted by molar-refractivity contribution is -0.139. The van der Waals surface area contributed by atoms with Crippen LogP contribution in [0.5, 0.6) is 0 Å². The van der Waals surface area contributed by atoms with E-state index in [0.29, 0.717) is 16.3 Å². The molecule has 2 rings (SSSR count). The van der Waals surface area contributed by atoms with E-state index >= 15 is 0 Å². The maximum atomic E-state index is 13.8. The van der Waals surface area contributed by atoms with Crippen LogP contribution < -0.4 is 5.32 Å². The molecule has 0 bridgehead atoms. The standard InChI is InChI=1S/C23H28ClFN2O2S/c1-16(22(29)26-23(2,3)4)27(13-17-9-5-7-11-19(17)24)21(28)15-30-14-18-10-6-8-12-20(18)25/h5-12,16H,13-15H2,1-4H3,(H,26,29). The number of benzene rings is 2. The number of carbonyl (C=O) groups is 2. The van der Waals surface area contributed by atoms with Gasteiger partial charge >= 0.3 is 0 Å². The van der Waals surface area contributed by atoms with Crippen molar-refractivity contribution in [2.75, 3.05) is 5.75 Å². The molecule has 30 heavy (non-hydrogen) atoms. The summed E-state index contributed by atoms with van der Waals surface area (Å²) in [6.45, 7) is 7.60. The summed E-state index contributed by atoms with van der Waals surface area (Å²) in [6.07, 6.45) is 0. The van der Waals surface area contributed by atoms with Gasteiger partial charge in [0, 0.05) is 22.9 Å². The highest BCUT2D eigenvalue weighted by molar-refractivity contribution is 7.99. The Morgan fingerprint density at radius 2 is 1.70 bits per heavy atom. The first-order valence-electron chi connectivity index (χ1n) is 9.74. The SMILES string of the molecule is CC(C(=O)NC(C)(C)C)N(Cc1ccccc1Cl)C(=O)CSCc1ccccc1F. The Bertz CT molecular complexity index is 886. The van der Waals surface area contributed by atoms with Crippen molar-refractivity contribution in [1.82, 2.24) is 10.2 Å². The molecule has 7 heteroatoms. The number of carbonyl (C=O) groups excluding carboxylic acids is 2. The normalized spacial score (nSPS) is 12.3. The van der Waals surface area contributed by atoms with Gasteiger partial charge in [-0.15, -0.1) is 11.8 Å². The zero-order chi connectivity index (χ0) is 22.3.